The Morgan fingerprint density at radius 2 is 1.83 bits per heavy atom. The fraction of sp³-hybridized carbons (Fsp3) is 0.684. The summed E-state index contributed by atoms with van der Waals surface area (Å²) >= 11 is 0. The van der Waals surface area contributed by atoms with E-state index >= 15 is 0 Å². The molecule has 2 rings (SSSR count). The molecule has 0 radical (unpaired) electrons. The zero-order chi connectivity index (χ0) is 17.1. The monoisotopic (exact) mass is 336 g/mol. The van der Waals surface area contributed by atoms with Gasteiger partial charge in [0.2, 0.25) is 0 Å². The van der Waals surface area contributed by atoms with Gasteiger partial charge < -0.3 is 14.3 Å². The van der Waals surface area contributed by atoms with Crippen LogP contribution in [0.25, 0.3) is 0 Å². The van der Waals surface area contributed by atoms with Crippen LogP contribution in [0.1, 0.15) is 39.2 Å². The summed E-state index contributed by atoms with van der Waals surface area (Å²) in [5.41, 5.74) is 1.35. The first kappa shape index (κ1) is 18.7. The van der Waals surface area contributed by atoms with Crippen LogP contribution in [0.4, 0.5) is 0 Å². The molecule has 4 heteroatoms. The highest BCUT2D eigenvalue weighted by Crippen LogP contribution is 2.39. The van der Waals surface area contributed by atoms with Gasteiger partial charge in [-0.2, -0.15) is 0 Å². The molecule has 1 N–H and O–H groups in total. The van der Waals surface area contributed by atoms with Crippen LogP contribution in [0.5, 0.6) is 0 Å². The lowest BCUT2D eigenvalue weighted by Gasteiger charge is -2.39. The van der Waals surface area contributed by atoms with E-state index in [4.69, 9.17) is 9.16 Å². The summed E-state index contributed by atoms with van der Waals surface area (Å²) in [7, 11) is -1.80. The number of aliphatic hydroxyl groups excluding tert-OH is 1. The van der Waals surface area contributed by atoms with Crippen LogP contribution in [0, 0.1) is 0 Å². The number of aliphatic hydroxyl groups is 1. The van der Waals surface area contributed by atoms with Crippen LogP contribution < -0.4 is 0 Å². The van der Waals surface area contributed by atoms with Crippen molar-refractivity contribution in [3.63, 3.8) is 0 Å². The molecule has 1 saturated heterocycles. The number of hydrogen-bond acceptors (Lipinski definition) is 3. The molecule has 0 aromatic heterocycles. The Morgan fingerprint density at radius 1 is 1.17 bits per heavy atom. The predicted molar refractivity (Wildman–Crippen MR) is 97.2 cm³/mol. The number of hydrogen-bond donors (Lipinski definition) is 1. The fourth-order valence-electron chi connectivity index (χ4n) is 2.60. The van der Waals surface area contributed by atoms with Crippen molar-refractivity contribution in [1.82, 2.24) is 0 Å². The molecule has 1 aliphatic rings. The maximum Gasteiger partial charge on any atom is 0.192 e. The molecule has 1 heterocycles. The second-order valence-corrected chi connectivity index (χ2v) is 12.9. The Balaban J connectivity index is 1.97. The molecular weight excluding hydrogens is 304 g/mol. The summed E-state index contributed by atoms with van der Waals surface area (Å²) in [4.78, 5) is 0. The third-order valence-electron chi connectivity index (χ3n) is 5.23. The minimum atomic E-state index is -1.80. The van der Waals surface area contributed by atoms with Gasteiger partial charge in [-0.15, -0.1) is 0 Å². The summed E-state index contributed by atoms with van der Waals surface area (Å²) in [5, 5.41) is 9.41. The molecule has 1 aromatic rings. The maximum absolute atomic E-state index is 9.20. The second-order valence-electron chi connectivity index (χ2n) is 8.16. The minimum absolute atomic E-state index is 0.0252. The predicted octanol–water partition coefficient (Wildman–Crippen LogP) is 4.16. The average molecular weight is 337 g/mol. The van der Waals surface area contributed by atoms with Crippen LogP contribution >= 0.6 is 0 Å². The average Bonchev–Trinajstić information content (AvgIpc) is 3.22. The number of benzene rings is 1. The van der Waals surface area contributed by atoms with Crippen LogP contribution in [0.15, 0.2) is 30.3 Å². The second kappa shape index (κ2) is 7.47. The number of rotatable bonds is 8. The largest absolute Gasteiger partial charge is 0.414 e. The van der Waals surface area contributed by atoms with E-state index in [9.17, 15) is 5.11 Å². The molecule has 0 unspecified atom stereocenters. The molecular formula is C19H32O3Si. The van der Waals surface area contributed by atoms with E-state index in [1.165, 1.54) is 5.56 Å². The molecule has 1 aliphatic heterocycles. The van der Waals surface area contributed by atoms with Gasteiger partial charge in [0.15, 0.2) is 8.32 Å². The quantitative estimate of drug-likeness (QED) is 0.572. The highest BCUT2D eigenvalue weighted by molar-refractivity contribution is 6.74. The lowest BCUT2D eigenvalue weighted by atomic mass is 10.0. The van der Waals surface area contributed by atoms with E-state index in [2.05, 4.69) is 64.2 Å². The lowest BCUT2D eigenvalue weighted by molar-refractivity contribution is 0.149. The SMILES string of the molecule is CC(C)(C)[Si](C)(C)O[C@@H](CCc1ccccc1)C[C@H]1O[C@@H]1CO. The molecule has 0 amide bonds. The Bertz CT molecular complexity index is 481. The lowest BCUT2D eigenvalue weighted by Crippen LogP contribution is -2.44. The van der Waals surface area contributed by atoms with Gasteiger partial charge in [0.25, 0.3) is 0 Å². The van der Waals surface area contributed by atoms with Crippen molar-refractivity contribution in [2.45, 2.75) is 76.5 Å². The summed E-state index contributed by atoms with van der Waals surface area (Å²) < 4.78 is 12.2. The molecule has 3 atom stereocenters. The van der Waals surface area contributed by atoms with E-state index < -0.39 is 8.32 Å². The van der Waals surface area contributed by atoms with E-state index in [0.29, 0.717) is 0 Å². The first-order valence-corrected chi connectivity index (χ1v) is 11.6. The summed E-state index contributed by atoms with van der Waals surface area (Å²) in [6.45, 7) is 11.6. The van der Waals surface area contributed by atoms with Gasteiger partial charge >= 0.3 is 0 Å². The number of ether oxygens (including phenoxy) is 1. The molecule has 23 heavy (non-hydrogen) atoms. The Labute approximate surface area is 142 Å². The maximum atomic E-state index is 9.20. The highest BCUT2D eigenvalue weighted by Gasteiger charge is 2.43. The first-order chi connectivity index (χ1) is 10.7. The normalized spacial score (nSPS) is 22.9. The third-order valence-corrected chi connectivity index (χ3v) is 9.76. The molecule has 1 aromatic carbocycles. The van der Waals surface area contributed by atoms with Crippen molar-refractivity contribution in [3.8, 4) is 0 Å². The van der Waals surface area contributed by atoms with E-state index in [1.54, 1.807) is 0 Å². The van der Waals surface area contributed by atoms with Gasteiger partial charge in [0.05, 0.1) is 12.7 Å². The third kappa shape index (κ3) is 5.42. The number of epoxide rings is 1. The number of aryl methyl sites for hydroxylation is 1. The Morgan fingerprint density at radius 3 is 2.35 bits per heavy atom. The van der Waals surface area contributed by atoms with Gasteiger partial charge in [-0.05, 0) is 36.5 Å². The van der Waals surface area contributed by atoms with Crippen molar-refractivity contribution in [3.05, 3.63) is 35.9 Å². The molecule has 0 spiro atoms. The van der Waals surface area contributed by atoms with Crippen LogP contribution in [-0.2, 0) is 15.6 Å². The van der Waals surface area contributed by atoms with E-state index in [-0.39, 0.29) is 30.0 Å². The molecule has 0 bridgehead atoms. The van der Waals surface area contributed by atoms with E-state index in [1.807, 2.05) is 0 Å². The standard InChI is InChI=1S/C19H32O3Si/c1-19(2,3)23(4,5)22-16(13-17-18(14-20)21-17)12-11-15-9-7-6-8-10-15/h6-10,16-18,20H,11-14H2,1-5H3/t16-,17+,18+/m0/s1. The van der Waals surface area contributed by atoms with Gasteiger partial charge in [0, 0.05) is 12.5 Å². The van der Waals surface area contributed by atoms with Crippen LogP contribution in [-0.4, -0.2) is 38.3 Å². The van der Waals surface area contributed by atoms with Crippen molar-refractivity contribution < 1.29 is 14.3 Å². The Kier molecular flexibility index (Phi) is 6.06. The highest BCUT2D eigenvalue weighted by atomic mass is 28.4. The summed E-state index contributed by atoms with van der Waals surface area (Å²) in [6, 6.07) is 10.6. The topological polar surface area (TPSA) is 42.0 Å². The van der Waals surface area contributed by atoms with Crippen molar-refractivity contribution >= 4 is 8.32 Å². The van der Waals surface area contributed by atoms with Gasteiger partial charge in [0.1, 0.15) is 6.10 Å². The molecule has 3 nitrogen and oxygen atoms in total. The van der Waals surface area contributed by atoms with Crippen molar-refractivity contribution in [2.75, 3.05) is 6.61 Å². The zero-order valence-electron chi connectivity index (χ0n) is 15.2. The van der Waals surface area contributed by atoms with Crippen molar-refractivity contribution in [1.29, 1.82) is 0 Å². The first-order valence-electron chi connectivity index (χ1n) is 8.71. The molecule has 1 fully saturated rings. The molecule has 130 valence electrons. The molecule has 0 aliphatic carbocycles. The van der Waals surface area contributed by atoms with Gasteiger partial charge in [-0.1, -0.05) is 51.1 Å². The fourth-order valence-corrected chi connectivity index (χ4v) is 4.00. The summed E-state index contributed by atoms with van der Waals surface area (Å²) in [5.74, 6) is 0. The minimum Gasteiger partial charge on any atom is -0.414 e. The van der Waals surface area contributed by atoms with E-state index in [0.717, 1.165) is 19.3 Å². The van der Waals surface area contributed by atoms with Crippen molar-refractivity contribution in [2.24, 2.45) is 0 Å². The Hall–Kier alpha value is -0.683. The smallest absolute Gasteiger partial charge is 0.192 e. The van der Waals surface area contributed by atoms with Gasteiger partial charge in [-0.25, -0.2) is 0 Å². The van der Waals surface area contributed by atoms with Crippen LogP contribution in [0.2, 0.25) is 18.1 Å². The van der Waals surface area contributed by atoms with Gasteiger partial charge in [-0.3, -0.25) is 0 Å². The summed E-state index contributed by atoms with van der Waals surface area (Å²) in [6.07, 6.45) is 3.33. The molecule has 0 saturated carbocycles. The van der Waals surface area contributed by atoms with Crippen LogP contribution in [0.3, 0.4) is 0 Å². The zero-order valence-corrected chi connectivity index (χ0v) is 16.2.